The molecular weight excluding hydrogens is 463 g/mol. The Hall–Kier alpha value is -3.47. The minimum atomic E-state index is -0.847. The van der Waals surface area contributed by atoms with E-state index in [-0.39, 0.29) is 11.9 Å². The van der Waals surface area contributed by atoms with E-state index in [1.54, 1.807) is 18.5 Å². The Bertz CT molecular complexity index is 1360. The lowest BCUT2D eigenvalue weighted by Crippen LogP contribution is -2.39. The largest absolute Gasteiger partial charge is 0.494 e. The third-order valence-corrected chi connectivity index (χ3v) is 6.13. The van der Waals surface area contributed by atoms with Crippen molar-refractivity contribution in [3.8, 4) is 5.75 Å². The molecule has 11 heteroatoms. The number of benzene rings is 1. The van der Waals surface area contributed by atoms with E-state index in [1.165, 1.54) is 23.8 Å². The van der Waals surface area contributed by atoms with E-state index in [1.807, 2.05) is 26.2 Å². The van der Waals surface area contributed by atoms with Gasteiger partial charge in [0.05, 0.1) is 36.5 Å². The maximum Gasteiger partial charge on any atom is 0.223 e. The second kappa shape index (κ2) is 9.88. The van der Waals surface area contributed by atoms with Crippen molar-refractivity contribution in [1.82, 2.24) is 29.4 Å². The van der Waals surface area contributed by atoms with E-state index in [9.17, 15) is 9.50 Å². The van der Waals surface area contributed by atoms with E-state index in [4.69, 9.17) is 15.5 Å². The summed E-state index contributed by atoms with van der Waals surface area (Å²) in [5, 5.41) is 19.7. The molecule has 0 saturated carbocycles. The molecule has 10 nitrogen and oxygen atoms in total. The van der Waals surface area contributed by atoms with Crippen molar-refractivity contribution in [2.24, 2.45) is 5.92 Å². The van der Waals surface area contributed by atoms with Crippen LogP contribution in [-0.4, -0.2) is 60.3 Å². The summed E-state index contributed by atoms with van der Waals surface area (Å²) in [5.74, 6) is 1.11. The maximum atomic E-state index is 14.2. The monoisotopic (exact) mass is 498 g/mol. The molecule has 1 aromatic carbocycles. The molecule has 3 N–H and O–H groups in total. The second-order valence-electron chi connectivity index (χ2n) is 9.83. The number of piperidine rings is 1. The number of aliphatic hydroxyl groups is 1. The summed E-state index contributed by atoms with van der Waals surface area (Å²) in [6.45, 7) is 11.7. The van der Waals surface area contributed by atoms with Gasteiger partial charge >= 0.3 is 0 Å². The zero-order valence-electron chi connectivity index (χ0n) is 21.7. The summed E-state index contributed by atoms with van der Waals surface area (Å²) in [4.78, 5) is 11.4. The van der Waals surface area contributed by atoms with Gasteiger partial charge in [0.15, 0.2) is 11.5 Å². The molecule has 3 aromatic heterocycles. The van der Waals surface area contributed by atoms with E-state index in [0.29, 0.717) is 47.1 Å². The van der Waals surface area contributed by atoms with Crippen molar-refractivity contribution in [2.75, 3.05) is 30.8 Å². The van der Waals surface area contributed by atoms with Gasteiger partial charge in [-0.15, -0.1) is 5.10 Å². The van der Waals surface area contributed by atoms with Gasteiger partial charge in [0.2, 0.25) is 5.95 Å². The normalized spacial score (nSPS) is 18.4. The lowest BCUT2D eigenvalue weighted by Gasteiger charge is -2.36. The smallest absolute Gasteiger partial charge is 0.223 e. The standard InChI is InChI=1S/C23H29FN8O2.C2H6/c1-13-5-14(10-30(9-13)16-8-26-31(11-16)12-23(2,3)33)20-28-21-17-6-15(24)7-18(34-4)19(17)27-22(25)32(21)29-20;1-2/h6-8,11,13-14,33H,5,9-10,12H2,1-4H3,(H2,25,27);1-2H3. The van der Waals surface area contributed by atoms with Gasteiger partial charge in [-0.1, -0.05) is 20.8 Å². The highest BCUT2D eigenvalue weighted by Crippen LogP contribution is 2.34. The lowest BCUT2D eigenvalue weighted by molar-refractivity contribution is 0.0577. The second-order valence-corrected chi connectivity index (χ2v) is 9.83. The lowest BCUT2D eigenvalue weighted by atomic mass is 9.90. The number of fused-ring (bicyclic) bond motifs is 3. The molecule has 2 unspecified atom stereocenters. The van der Waals surface area contributed by atoms with Gasteiger partial charge in [-0.3, -0.25) is 4.68 Å². The molecule has 1 aliphatic rings. The summed E-state index contributed by atoms with van der Waals surface area (Å²) < 4.78 is 22.8. The number of nitrogens with two attached hydrogens (primary N) is 1. The molecule has 0 bridgehead atoms. The zero-order valence-corrected chi connectivity index (χ0v) is 21.7. The van der Waals surface area contributed by atoms with Crippen molar-refractivity contribution < 1.29 is 14.2 Å². The third kappa shape index (κ3) is 5.06. The highest BCUT2D eigenvalue weighted by Gasteiger charge is 2.30. The van der Waals surface area contributed by atoms with Crippen LogP contribution in [0.5, 0.6) is 5.75 Å². The fourth-order valence-corrected chi connectivity index (χ4v) is 4.76. The van der Waals surface area contributed by atoms with Crippen LogP contribution in [0.2, 0.25) is 0 Å². The van der Waals surface area contributed by atoms with Crippen LogP contribution in [0.1, 0.15) is 52.8 Å². The van der Waals surface area contributed by atoms with Gasteiger partial charge in [0, 0.05) is 31.3 Å². The number of anilines is 2. The maximum absolute atomic E-state index is 14.2. The molecule has 194 valence electrons. The van der Waals surface area contributed by atoms with Crippen molar-refractivity contribution in [1.29, 1.82) is 0 Å². The molecular formula is C25H35FN8O2. The molecule has 2 atom stereocenters. The first-order valence-corrected chi connectivity index (χ1v) is 12.3. The van der Waals surface area contributed by atoms with E-state index < -0.39 is 11.4 Å². The molecule has 0 radical (unpaired) electrons. The molecule has 0 amide bonds. The fraction of sp³-hybridized carbons (Fsp3) is 0.520. The van der Waals surface area contributed by atoms with Crippen molar-refractivity contribution >= 4 is 28.2 Å². The quantitative estimate of drug-likeness (QED) is 0.428. The van der Waals surface area contributed by atoms with Gasteiger partial charge in [-0.25, -0.2) is 14.4 Å². The third-order valence-electron chi connectivity index (χ3n) is 6.13. The van der Waals surface area contributed by atoms with Crippen LogP contribution in [0, 0.1) is 11.7 Å². The number of hydrogen-bond acceptors (Lipinski definition) is 8. The summed E-state index contributed by atoms with van der Waals surface area (Å²) in [7, 11) is 1.47. The van der Waals surface area contributed by atoms with Crippen molar-refractivity contribution in [3.05, 3.63) is 36.2 Å². The predicted molar refractivity (Wildman–Crippen MR) is 138 cm³/mol. The highest BCUT2D eigenvalue weighted by atomic mass is 19.1. The molecule has 5 rings (SSSR count). The molecule has 1 aliphatic heterocycles. The summed E-state index contributed by atoms with van der Waals surface area (Å²) in [5.41, 5.74) is 7.23. The molecule has 36 heavy (non-hydrogen) atoms. The number of nitrogen functional groups attached to an aromatic ring is 1. The van der Waals surface area contributed by atoms with Crippen LogP contribution in [0.4, 0.5) is 16.0 Å². The Labute approximate surface area is 209 Å². The minimum absolute atomic E-state index is 0.0474. The van der Waals surface area contributed by atoms with Gasteiger partial charge < -0.3 is 20.5 Å². The van der Waals surface area contributed by atoms with Crippen LogP contribution in [0.25, 0.3) is 16.6 Å². The summed E-state index contributed by atoms with van der Waals surface area (Å²) in [6.07, 6.45) is 4.69. The number of rotatable bonds is 5. The molecule has 4 aromatic rings. The average Bonchev–Trinajstić information content (AvgIpc) is 3.47. The molecule has 0 aliphatic carbocycles. The molecule has 1 saturated heterocycles. The van der Waals surface area contributed by atoms with Crippen LogP contribution < -0.4 is 15.4 Å². The van der Waals surface area contributed by atoms with Gasteiger partial charge in [0.1, 0.15) is 17.1 Å². The number of methoxy groups -OCH3 is 1. The van der Waals surface area contributed by atoms with E-state index in [2.05, 4.69) is 27.0 Å². The Morgan fingerprint density at radius 3 is 2.67 bits per heavy atom. The summed E-state index contributed by atoms with van der Waals surface area (Å²) >= 11 is 0. The number of hydrogen-bond donors (Lipinski definition) is 2. The van der Waals surface area contributed by atoms with Crippen molar-refractivity contribution in [3.63, 3.8) is 0 Å². The van der Waals surface area contributed by atoms with Gasteiger partial charge in [-0.05, 0) is 32.3 Å². The summed E-state index contributed by atoms with van der Waals surface area (Å²) in [6, 6.07) is 2.66. The van der Waals surface area contributed by atoms with Crippen LogP contribution >= 0.6 is 0 Å². The first-order chi connectivity index (χ1) is 17.1. The van der Waals surface area contributed by atoms with Crippen molar-refractivity contribution in [2.45, 2.75) is 59.1 Å². The van der Waals surface area contributed by atoms with Crippen LogP contribution in [-0.2, 0) is 6.54 Å². The number of nitrogens with zero attached hydrogens (tertiary/aromatic N) is 7. The zero-order chi connectivity index (χ0) is 26.2. The first kappa shape index (κ1) is 25.6. The highest BCUT2D eigenvalue weighted by molar-refractivity contribution is 5.95. The Morgan fingerprint density at radius 1 is 1.22 bits per heavy atom. The Morgan fingerprint density at radius 2 is 1.97 bits per heavy atom. The number of ether oxygens (including phenoxy) is 1. The topological polar surface area (TPSA) is 120 Å². The minimum Gasteiger partial charge on any atom is -0.494 e. The van der Waals surface area contributed by atoms with Crippen LogP contribution in [0.15, 0.2) is 24.5 Å². The number of aromatic nitrogens is 6. The van der Waals surface area contributed by atoms with Gasteiger partial charge in [-0.2, -0.15) is 9.61 Å². The van der Waals surface area contributed by atoms with Crippen LogP contribution in [0.3, 0.4) is 0 Å². The average molecular weight is 499 g/mol. The van der Waals surface area contributed by atoms with E-state index in [0.717, 1.165) is 18.7 Å². The molecule has 1 fully saturated rings. The number of halogens is 1. The SMILES string of the molecule is CC.COc1cc(F)cc2c1nc(N)n1nc(C3CC(C)CN(c4cnn(CC(C)(C)O)c4)C3)nc21. The fourth-order valence-electron chi connectivity index (χ4n) is 4.76. The van der Waals surface area contributed by atoms with Gasteiger partial charge in [0.25, 0.3) is 0 Å². The molecule has 0 spiro atoms. The molecule has 4 heterocycles. The Balaban J connectivity index is 0.00000148. The van der Waals surface area contributed by atoms with E-state index >= 15 is 0 Å². The first-order valence-electron chi connectivity index (χ1n) is 12.3. The Kier molecular flexibility index (Phi) is 7.03. The predicted octanol–water partition coefficient (Wildman–Crippen LogP) is 3.63.